The van der Waals surface area contributed by atoms with E-state index in [1.165, 1.54) is 0 Å². The Morgan fingerprint density at radius 1 is 1.14 bits per heavy atom. The fourth-order valence-electron chi connectivity index (χ4n) is 3.85. The molecule has 2 fully saturated rings. The molecule has 9 heteroatoms. The second kappa shape index (κ2) is 11.1. The number of likely N-dealkylation sites (tertiary alicyclic amines) is 1. The molecule has 1 amide bonds. The number of amides is 1. The summed E-state index contributed by atoms with van der Waals surface area (Å²) in [5.74, 6) is 2.66. The van der Waals surface area contributed by atoms with Crippen LogP contribution in [0.3, 0.4) is 0 Å². The van der Waals surface area contributed by atoms with Crippen molar-refractivity contribution in [2.75, 3.05) is 45.8 Å². The molecule has 1 unspecified atom stereocenters. The normalized spacial score (nSPS) is 19.2. The minimum atomic E-state index is -0.0435. The number of guanidine groups is 1. The largest absolute Gasteiger partial charge is 0.444 e. The minimum absolute atomic E-state index is 0. The molecule has 2 aliphatic heterocycles. The number of aromatic nitrogens is 1. The maximum Gasteiger partial charge on any atom is 0.239 e. The van der Waals surface area contributed by atoms with Crippen LogP contribution in [0.4, 0.5) is 0 Å². The number of nitrogens with one attached hydrogen (secondary N) is 1. The Morgan fingerprint density at radius 2 is 1.79 bits per heavy atom. The zero-order valence-corrected chi connectivity index (χ0v) is 20.4. The Balaban J connectivity index is 0.00000300. The van der Waals surface area contributed by atoms with Crippen LogP contribution in [0.2, 0.25) is 0 Å². The van der Waals surface area contributed by atoms with Gasteiger partial charge in [-0.3, -0.25) is 9.69 Å². The highest BCUT2D eigenvalue weighted by Crippen LogP contribution is 2.14. The average Bonchev–Trinajstić information content (AvgIpc) is 3.34. The van der Waals surface area contributed by atoms with Crippen LogP contribution in [-0.4, -0.2) is 83.4 Å². The van der Waals surface area contributed by atoms with E-state index in [0.717, 1.165) is 76.1 Å². The summed E-state index contributed by atoms with van der Waals surface area (Å²) in [4.78, 5) is 28.4. The van der Waals surface area contributed by atoms with Crippen molar-refractivity contribution in [3.8, 4) is 0 Å². The van der Waals surface area contributed by atoms with Gasteiger partial charge in [-0.15, -0.1) is 24.0 Å². The molecule has 29 heavy (non-hydrogen) atoms. The van der Waals surface area contributed by atoms with Crippen LogP contribution < -0.4 is 5.32 Å². The van der Waals surface area contributed by atoms with Gasteiger partial charge in [-0.25, -0.2) is 9.98 Å². The number of aryl methyl sites for hydroxylation is 2. The Hall–Kier alpha value is -1.36. The molecule has 8 nitrogen and oxygen atoms in total. The third-order valence-corrected chi connectivity index (χ3v) is 5.71. The average molecular weight is 518 g/mol. The number of piperazine rings is 1. The molecule has 0 spiro atoms. The van der Waals surface area contributed by atoms with E-state index in [-0.39, 0.29) is 35.9 Å². The van der Waals surface area contributed by atoms with E-state index in [2.05, 4.69) is 27.0 Å². The number of rotatable bonds is 5. The molecular weight excluding hydrogens is 483 g/mol. The molecule has 0 saturated carbocycles. The van der Waals surface area contributed by atoms with Gasteiger partial charge in [0.1, 0.15) is 12.3 Å². The Kier molecular flexibility index (Phi) is 9.19. The number of carbonyl (C=O) groups is 1. The molecule has 2 aliphatic rings. The third kappa shape index (κ3) is 6.07. The van der Waals surface area contributed by atoms with Gasteiger partial charge >= 0.3 is 0 Å². The first-order valence-corrected chi connectivity index (χ1v) is 10.5. The summed E-state index contributed by atoms with van der Waals surface area (Å²) in [6.07, 6.45) is 2.27. The van der Waals surface area contributed by atoms with Crippen LogP contribution in [0.5, 0.6) is 0 Å². The maximum atomic E-state index is 12.7. The molecule has 164 valence electrons. The zero-order valence-electron chi connectivity index (χ0n) is 18.1. The van der Waals surface area contributed by atoms with Gasteiger partial charge in [0, 0.05) is 45.8 Å². The first-order chi connectivity index (χ1) is 13.5. The molecule has 2 saturated heterocycles. The second-order valence-electron chi connectivity index (χ2n) is 7.65. The second-order valence-corrected chi connectivity index (χ2v) is 7.65. The van der Waals surface area contributed by atoms with Gasteiger partial charge < -0.3 is 19.5 Å². The predicted molar refractivity (Wildman–Crippen MR) is 125 cm³/mol. The van der Waals surface area contributed by atoms with E-state index < -0.39 is 0 Å². The lowest BCUT2D eigenvalue weighted by Gasteiger charge is -2.39. The number of nitrogens with zero attached hydrogens (tertiary/aromatic N) is 5. The van der Waals surface area contributed by atoms with E-state index >= 15 is 0 Å². The highest BCUT2D eigenvalue weighted by molar-refractivity contribution is 14.0. The van der Waals surface area contributed by atoms with Gasteiger partial charge in [0.05, 0.1) is 11.7 Å². The van der Waals surface area contributed by atoms with Gasteiger partial charge in [0.25, 0.3) is 0 Å². The molecule has 0 aromatic carbocycles. The lowest BCUT2D eigenvalue weighted by Crippen LogP contribution is -2.57. The number of carbonyl (C=O) groups excluding carboxylic acids is 1. The molecule has 1 atom stereocenters. The Labute approximate surface area is 191 Å². The molecule has 1 aromatic heterocycles. The smallest absolute Gasteiger partial charge is 0.239 e. The standard InChI is InChI=1S/C20H34N6O2.HI/c1-5-21-20(22-14-18-23-15(2)17(4)28-18)26-12-10-24(11-13-26)16(3)19(27)25-8-6-7-9-25;/h16H,5-14H2,1-4H3,(H,21,22);1H. The monoisotopic (exact) mass is 518 g/mol. The summed E-state index contributed by atoms with van der Waals surface area (Å²) in [6.45, 7) is 14.5. The van der Waals surface area contributed by atoms with Gasteiger partial charge in [0.2, 0.25) is 11.8 Å². The van der Waals surface area contributed by atoms with Gasteiger partial charge in [-0.05, 0) is 40.5 Å². The van der Waals surface area contributed by atoms with Crippen molar-refractivity contribution in [1.29, 1.82) is 0 Å². The summed E-state index contributed by atoms with van der Waals surface area (Å²) in [5, 5.41) is 3.37. The highest BCUT2D eigenvalue weighted by atomic mass is 127. The number of halogens is 1. The van der Waals surface area contributed by atoms with E-state index in [4.69, 9.17) is 9.41 Å². The van der Waals surface area contributed by atoms with Gasteiger partial charge in [-0.1, -0.05) is 0 Å². The number of hydrogen-bond donors (Lipinski definition) is 1. The quantitative estimate of drug-likeness (QED) is 0.365. The summed E-state index contributed by atoms with van der Waals surface area (Å²) in [6, 6.07) is -0.0435. The Morgan fingerprint density at radius 3 is 2.34 bits per heavy atom. The summed E-state index contributed by atoms with van der Waals surface area (Å²) >= 11 is 0. The first kappa shape index (κ1) is 23.9. The summed E-state index contributed by atoms with van der Waals surface area (Å²) in [5.41, 5.74) is 0.917. The SMILES string of the molecule is CCNC(=NCc1nc(C)c(C)o1)N1CCN(C(C)C(=O)N2CCCC2)CC1.I. The van der Waals surface area contributed by atoms with Crippen molar-refractivity contribution in [2.24, 2.45) is 4.99 Å². The van der Waals surface area contributed by atoms with E-state index in [1.54, 1.807) is 0 Å². The van der Waals surface area contributed by atoms with Crippen molar-refractivity contribution in [1.82, 2.24) is 25.0 Å². The molecule has 1 aromatic rings. The topological polar surface area (TPSA) is 77.2 Å². The molecule has 3 rings (SSSR count). The molecule has 1 N–H and O–H groups in total. The van der Waals surface area contributed by atoms with Crippen molar-refractivity contribution < 1.29 is 9.21 Å². The van der Waals surface area contributed by atoms with Crippen LogP contribution in [0, 0.1) is 13.8 Å². The van der Waals surface area contributed by atoms with Crippen LogP contribution >= 0.6 is 24.0 Å². The highest BCUT2D eigenvalue weighted by Gasteiger charge is 2.30. The maximum absolute atomic E-state index is 12.7. The lowest BCUT2D eigenvalue weighted by molar-refractivity contribution is -0.135. The summed E-state index contributed by atoms with van der Waals surface area (Å²) < 4.78 is 5.64. The predicted octanol–water partition coefficient (Wildman–Crippen LogP) is 2.00. The van der Waals surface area contributed by atoms with Crippen LogP contribution in [0.1, 0.15) is 44.0 Å². The number of oxazole rings is 1. The first-order valence-electron chi connectivity index (χ1n) is 10.5. The van der Waals surface area contributed by atoms with Crippen LogP contribution in [0.25, 0.3) is 0 Å². The van der Waals surface area contributed by atoms with E-state index in [1.807, 2.05) is 25.7 Å². The fourth-order valence-corrected chi connectivity index (χ4v) is 3.85. The van der Waals surface area contributed by atoms with Crippen molar-refractivity contribution in [3.05, 3.63) is 17.3 Å². The van der Waals surface area contributed by atoms with Gasteiger partial charge in [0.15, 0.2) is 5.96 Å². The minimum Gasteiger partial charge on any atom is -0.444 e. The molecule has 0 bridgehead atoms. The van der Waals surface area contributed by atoms with E-state index in [9.17, 15) is 4.79 Å². The molecular formula is C20H35IN6O2. The molecule has 0 radical (unpaired) electrons. The van der Waals surface area contributed by atoms with E-state index in [0.29, 0.717) is 12.4 Å². The van der Waals surface area contributed by atoms with Gasteiger partial charge in [-0.2, -0.15) is 0 Å². The van der Waals surface area contributed by atoms with Crippen LogP contribution in [-0.2, 0) is 11.3 Å². The molecule has 3 heterocycles. The Bertz CT molecular complexity index is 674. The fraction of sp³-hybridized carbons (Fsp3) is 0.750. The zero-order chi connectivity index (χ0) is 20.1. The lowest BCUT2D eigenvalue weighted by atomic mass is 10.2. The number of hydrogen-bond acceptors (Lipinski definition) is 5. The number of aliphatic imine (C=N–C) groups is 1. The molecule has 0 aliphatic carbocycles. The van der Waals surface area contributed by atoms with Crippen molar-refractivity contribution in [3.63, 3.8) is 0 Å². The van der Waals surface area contributed by atoms with Crippen molar-refractivity contribution in [2.45, 2.75) is 53.1 Å². The van der Waals surface area contributed by atoms with Crippen LogP contribution in [0.15, 0.2) is 9.41 Å². The third-order valence-electron chi connectivity index (χ3n) is 5.71. The summed E-state index contributed by atoms with van der Waals surface area (Å²) in [7, 11) is 0. The van der Waals surface area contributed by atoms with Crippen molar-refractivity contribution >= 4 is 35.8 Å².